The first-order valence-corrected chi connectivity index (χ1v) is 9.67. The summed E-state index contributed by atoms with van der Waals surface area (Å²) < 4.78 is 0. The molecule has 0 bridgehead atoms. The van der Waals surface area contributed by atoms with E-state index < -0.39 is 0 Å². The minimum Gasteiger partial charge on any atom is -0.327 e. The van der Waals surface area contributed by atoms with Crippen molar-refractivity contribution in [2.75, 3.05) is 25.0 Å². The normalized spacial score (nSPS) is 22.0. The number of hydrogen-bond donors (Lipinski definition) is 2. The van der Waals surface area contributed by atoms with Crippen molar-refractivity contribution in [3.8, 4) is 6.07 Å². The topological polar surface area (TPSA) is 57.3 Å². The molecule has 0 spiro atoms. The van der Waals surface area contributed by atoms with Crippen LogP contribution in [-0.2, 0) is 17.6 Å². The van der Waals surface area contributed by atoms with Gasteiger partial charge in [0.2, 0.25) is 0 Å². The van der Waals surface area contributed by atoms with Gasteiger partial charge in [-0.05, 0) is 56.4 Å². The number of thiophene rings is 1. The molecule has 124 valence electrons. The van der Waals surface area contributed by atoms with Crippen molar-refractivity contribution >= 4 is 22.2 Å². The van der Waals surface area contributed by atoms with E-state index in [1.165, 1.54) is 41.0 Å². The molecule has 1 aromatic heterocycles. The van der Waals surface area contributed by atoms with Crippen molar-refractivity contribution in [2.24, 2.45) is 5.92 Å². The van der Waals surface area contributed by atoms with Gasteiger partial charge in [0, 0.05) is 4.88 Å². The number of nitriles is 1. The molecule has 1 aromatic rings. The van der Waals surface area contributed by atoms with Crippen LogP contribution in [0.3, 0.4) is 0 Å². The highest BCUT2D eigenvalue weighted by Gasteiger charge is 2.25. The average Bonchev–Trinajstić information content (AvgIpc) is 2.68. The Morgan fingerprint density at radius 3 is 2.78 bits per heavy atom. The molecule has 0 aromatic carbocycles. The van der Waals surface area contributed by atoms with E-state index in [1.807, 2.05) is 0 Å². The first-order valence-electron chi connectivity index (χ1n) is 8.85. The number of hydrogen-bond acceptors (Lipinski definition) is 3. The summed E-state index contributed by atoms with van der Waals surface area (Å²) in [4.78, 5) is 15.1. The quantitative estimate of drug-likeness (QED) is 0.891. The maximum atomic E-state index is 12.4. The predicted octanol–water partition coefficient (Wildman–Crippen LogP) is 2.14. The van der Waals surface area contributed by atoms with Crippen molar-refractivity contribution < 1.29 is 9.69 Å². The second kappa shape index (κ2) is 7.46. The van der Waals surface area contributed by atoms with Crippen molar-refractivity contribution in [3.63, 3.8) is 0 Å². The molecular weight excluding hydrogens is 306 g/mol. The van der Waals surface area contributed by atoms with E-state index in [1.54, 1.807) is 11.3 Å². The maximum absolute atomic E-state index is 12.4. The van der Waals surface area contributed by atoms with Gasteiger partial charge in [-0.1, -0.05) is 6.92 Å². The summed E-state index contributed by atoms with van der Waals surface area (Å²) in [7, 11) is 0. The molecular formula is C18H26N3OS+. The minimum absolute atomic E-state index is 0.0602. The Labute approximate surface area is 142 Å². The molecule has 3 rings (SSSR count). The molecule has 0 saturated carbocycles. The number of anilines is 1. The molecule has 1 atom stereocenters. The lowest BCUT2D eigenvalue weighted by atomic mass is 9.89. The van der Waals surface area contributed by atoms with Gasteiger partial charge >= 0.3 is 0 Å². The van der Waals surface area contributed by atoms with E-state index in [9.17, 15) is 10.1 Å². The molecule has 23 heavy (non-hydrogen) atoms. The number of carbonyl (C=O) groups excluding carboxylic acids is 1. The van der Waals surface area contributed by atoms with Gasteiger partial charge in [0.15, 0.2) is 6.54 Å². The molecule has 0 unspecified atom stereocenters. The highest BCUT2D eigenvalue weighted by atomic mass is 32.1. The lowest BCUT2D eigenvalue weighted by molar-refractivity contribution is -0.890. The van der Waals surface area contributed by atoms with Gasteiger partial charge in [0.25, 0.3) is 5.91 Å². The number of amides is 1. The first kappa shape index (κ1) is 16.5. The molecule has 1 amide bonds. The highest BCUT2D eigenvalue weighted by molar-refractivity contribution is 7.16. The van der Waals surface area contributed by atoms with Gasteiger partial charge in [0.1, 0.15) is 11.1 Å². The lowest BCUT2D eigenvalue weighted by Crippen LogP contribution is -3.12. The van der Waals surface area contributed by atoms with Crippen LogP contribution in [0.15, 0.2) is 0 Å². The number of nitrogens with one attached hydrogen (secondary N) is 2. The van der Waals surface area contributed by atoms with Gasteiger partial charge in [0.05, 0.1) is 18.7 Å². The van der Waals surface area contributed by atoms with E-state index in [-0.39, 0.29) is 5.91 Å². The van der Waals surface area contributed by atoms with Crippen LogP contribution in [0.25, 0.3) is 0 Å². The summed E-state index contributed by atoms with van der Waals surface area (Å²) in [5.74, 6) is 0.739. The van der Waals surface area contributed by atoms with Crippen LogP contribution < -0.4 is 10.2 Å². The summed E-state index contributed by atoms with van der Waals surface area (Å²) in [6.07, 6.45) is 8.18. The lowest BCUT2D eigenvalue weighted by Gasteiger charge is -2.17. The standard InChI is InChI=1S/C18H25N3OS/c1-13-6-7-14-15(11-19)18(23-16(14)10-13)20-17(22)12-21-8-4-2-3-5-9-21/h13H,2-10,12H2,1H3,(H,20,22)/p+1/t13-/m1/s1. The summed E-state index contributed by atoms with van der Waals surface area (Å²) in [5.41, 5.74) is 1.91. The summed E-state index contributed by atoms with van der Waals surface area (Å²) in [6, 6.07) is 2.33. The van der Waals surface area contributed by atoms with Crippen LogP contribution >= 0.6 is 11.3 Å². The number of fused-ring (bicyclic) bond motifs is 1. The zero-order chi connectivity index (χ0) is 16.2. The smallest absolute Gasteiger partial charge is 0.280 e. The molecule has 0 radical (unpaired) electrons. The number of likely N-dealkylation sites (tertiary alicyclic amines) is 1. The van der Waals surface area contributed by atoms with Crippen LogP contribution in [0.2, 0.25) is 0 Å². The third-order valence-electron chi connectivity index (χ3n) is 5.10. The zero-order valence-electron chi connectivity index (χ0n) is 13.9. The number of quaternary nitrogens is 1. The van der Waals surface area contributed by atoms with E-state index in [0.29, 0.717) is 12.5 Å². The Morgan fingerprint density at radius 2 is 2.09 bits per heavy atom. The van der Waals surface area contributed by atoms with Gasteiger partial charge in [-0.2, -0.15) is 5.26 Å². The molecule has 1 fully saturated rings. The monoisotopic (exact) mass is 332 g/mol. The van der Waals surface area contributed by atoms with Gasteiger partial charge in [-0.25, -0.2) is 0 Å². The van der Waals surface area contributed by atoms with Crippen molar-refractivity contribution in [3.05, 3.63) is 16.0 Å². The molecule has 5 heteroatoms. The fraction of sp³-hybridized carbons (Fsp3) is 0.667. The second-order valence-electron chi connectivity index (χ2n) is 7.06. The second-order valence-corrected chi connectivity index (χ2v) is 8.16. The Balaban J connectivity index is 1.67. The van der Waals surface area contributed by atoms with Crippen molar-refractivity contribution in [1.29, 1.82) is 5.26 Å². The third-order valence-corrected chi connectivity index (χ3v) is 6.27. The van der Waals surface area contributed by atoms with E-state index in [2.05, 4.69) is 18.3 Å². The fourth-order valence-electron chi connectivity index (χ4n) is 3.76. The molecule has 1 aliphatic carbocycles. The van der Waals surface area contributed by atoms with Crippen LogP contribution in [0.4, 0.5) is 5.00 Å². The van der Waals surface area contributed by atoms with Crippen molar-refractivity contribution in [2.45, 2.75) is 51.9 Å². The average molecular weight is 332 g/mol. The van der Waals surface area contributed by atoms with Crippen LogP contribution in [-0.4, -0.2) is 25.5 Å². The van der Waals surface area contributed by atoms with Crippen LogP contribution in [0.5, 0.6) is 0 Å². The van der Waals surface area contributed by atoms with Gasteiger partial charge in [-0.3, -0.25) is 4.79 Å². The Morgan fingerprint density at radius 1 is 1.35 bits per heavy atom. The summed E-state index contributed by atoms with van der Waals surface area (Å²) in [5, 5.41) is 13.3. The van der Waals surface area contributed by atoms with E-state index in [0.717, 1.165) is 42.9 Å². The third kappa shape index (κ3) is 3.94. The van der Waals surface area contributed by atoms with Crippen LogP contribution in [0, 0.1) is 17.2 Å². The number of rotatable bonds is 3. The SMILES string of the molecule is C[C@@H]1CCc2c(sc(NC(=O)C[NH+]3CCCCCC3)c2C#N)C1. The molecule has 4 nitrogen and oxygen atoms in total. The Kier molecular flexibility index (Phi) is 5.34. The summed E-state index contributed by atoms with van der Waals surface area (Å²) >= 11 is 1.62. The molecule has 2 aliphatic rings. The van der Waals surface area contributed by atoms with E-state index >= 15 is 0 Å². The van der Waals surface area contributed by atoms with Gasteiger partial charge < -0.3 is 10.2 Å². The van der Waals surface area contributed by atoms with Crippen LogP contribution in [0.1, 0.15) is 55.0 Å². The van der Waals surface area contributed by atoms with Crippen molar-refractivity contribution in [1.82, 2.24) is 0 Å². The molecule has 1 aliphatic heterocycles. The largest absolute Gasteiger partial charge is 0.327 e. The fourth-order valence-corrected chi connectivity index (χ4v) is 5.14. The highest BCUT2D eigenvalue weighted by Crippen LogP contribution is 2.39. The zero-order valence-corrected chi connectivity index (χ0v) is 14.7. The maximum Gasteiger partial charge on any atom is 0.280 e. The number of nitrogens with zero attached hydrogens (tertiary/aromatic N) is 1. The first-order chi connectivity index (χ1) is 11.2. The van der Waals surface area contributed by atoms with E-state index in [4.69, 9.17) is 0 Å². The number of carbonyl (C=O) groups is 1. The van der Waals surface area contributed by atoms with Gasteiger partial charge in [-0.15, -0.1) is 11.3 Å². The molecule has 2 heterocycles. The predicted molar refractivity (Wildman–Crippen MR) is 92.9 cm³/mol. The summed E-state index contributed by atoms with van der Waals surface area (Å²) in [6.45, 7) is 4.98. The molecule has 2 N–H and O–H groups in total. The molecule has 1 saturated heterocycles. The Bertz CT molecular complexity index is 609. The minimum atomic E-state index is 0.0602. The Hall–Kier alpha value is -1.38.